The number of benzene rings is 2. The van der Waals surface area contributed by atoms with Crippen LogP contribution in [0.25, 0.3) is 10.8 Å². The molecule has 0 radical (unpaired) electrons. The van der Waals surface area contributed by atoms with E-state index in [4.69, 9.17) is 44.3 Å². The third-order valence-corrected chi connectivity index (χ3v) is 7.97. The molecule has 0 unspecified atom stereocenters. The molecule has 1 aliphatic heterocycles. The Bertz CT molecular complexity index is 1730. The van der Waals surface area contributed by atoms with Crippen LogP contribution in [0.3, 0.4) is 0 Å². The molecule has 0 bridgehead atoms. The van der Waals surface area contributed by atoms with Crippen molar-refractivity contribution < 1.29 is 14.3 Å². The average Bonchev–Trinajstić information content (AvgIpc) is 2.97. The molecule has 11 nitrogen and oxygen atoms in total. The van der Waals surface area contributed by atoms with Crippen LogP contribution < -0.4 is 25.8 Å². The minimum absolute atomic E-state index is 0.210. The first-order chi connectivity index (χ1) is 20.4. The van der Waals surface area contributed by atoms with Crippen molar-refractivity contribution in [2.45, 2.75) is 26.4 Å². The summed E-state index contributed by atoms with van der Waals surface area (Å²) in [5.41, 5.74) is 1.05. The molecule has 5 rings (SSSR count). The fourth-order valence-electron chi connectivity index (χ4n) is 4.62. The van der Waals surface area contributed by atoms with E-state index in [1.165, 1.54) is 6.20 Å². The first-order valence-electron chi connectivity index (χ1n) is 13.4. The second kappa shape index (κ2) is 12.4. The number of aromatic amines is 1. The summed E-state index contributed by atoms with van der Waals surface area (Å²) in [5, 5.41) is 14.4. The van der Waals surface area contributed by atoms with Gasteiger partial charge in [-0.1, -0.05) is 34.8 Å². The number of anilines is 5. The smallest absolute Gasteiger partial charge is 0.410 e. The van der Waals surface area contributed by atoms with Crippen molar-refractivity contribution in [2.75, 3.05) is 48.8 Å². The highest BCUT2D eigenvalue weighted by Gasteiger charge is 2.26. The lowest BCUT2D eigenvalue weighted by Crippen LogP contribution is -2.50. The Morgan fingerprint density at radius 2 is 1.70 bits per heavy atom. The first kappa shape index (κ1) is 30.5. The largest absolute Gasteiger partial charge is 0.494 e. The van der Waals surface area contributed by atoms with Crippen molar-refractivity contribution in [1.82, 2.24) is 20.1 Å². The highest BCUT2D eigenvalue weighted by molar-refractivity contribution is 6.49. The lowest BCUT2D eigenvalue weighted by molar-refractivity contribution is 0.0240. The summed E-state index contributed by atoms with van der Waals surface area (Å²) in [7, 11) is 1.57. The van der Waals surface area contributed by atoms with Crippen molar-refractivity contribution in [3.05, 3.63) is 68.0 Å². The maximum atomic E-state index is 12.8. The van der Waals surface area contributed by atoms with Gasteiger partial charge in [0, 0.05) is 43.3 Å². The Morgan fingerprint density at radius 3 is 2.40 bits per heavy atom. The summed E-state index contributed by atoms with van der Waals surface area (Å²) in [6.07, 6.45) is 1.22. The number of nitrogens with one attached hydrogen (secondary N) is 3. The summed E-state index contributed by atoms with van der Waals surface area (Å²) in [6, 6.07) is 10.7. The van der Waals surface area contributed by atoms with Crippen molar-refractivity contribution in [3.8, 4) is 5.75 Å². The molecule has 1 saturated heterocycles. The SMILES string of the molecule is COc1cc(N2CCN(C(=O)OC(C)(C)C)CC2)ccc1Nc1nc(Nc2ccc(Cl)c(Cl)c2Cl)cc2cn[nH]c(=O)c12. The van der Waals surface area contributed by atoms with E-state index in [9.17, 15) is 9.59 Å². The van der Waals surface area contributed by atoms with Crippen molar-refractivity contribution in [1.29, 1.82) is 0 Å². The Balaban J connectivity index is 1.40. The van der Waals surface area contributed by atoms with Crippen LogP contribution in [0.15, 0.2) is 47.4 Å². The van der Waals surface area contributed by atoms with Gasteiger partial charge in [-0.3, -0.25) is 4.79 Å². The number of nitrogens with zero attached hydrogens (tertiary/aromatic N) is 4. The van der Waals surface area contributed by atoms with Crippen LogP contribution in [0.5, 0.6) is 5.75 Å². The zero-order valence-corrected chi connectivity index (χ0v) is 26.2. The van der Waals surface area contributed by atoms with Crippen molar-refractivity contribution in [3.63, 3.8) is 0 Å². The van der Waals surface area contributed by atoms with Crippen LogP contribution >= 0.6 is 34.8 Å². The Kier molecular flexibility index (Phi) is 8.77. The van der Waals surface area contributed by atoms with Gasteiger partial charge in [-0.05, 0) is 51.1 Å². The molecular weight excluding hydrogens is 617 g/mol. The maximum Gasteiger partial charge on any atom is 0.410 e. The molecule has 4 aromatic rings. The van der Waals surface area contributed by atoms with Gasteiger partial charge in [0.2, 0.25) is 0 Å². The lowest BCUT2D eigenvalue weighted by Gasteiger charge is -2.37. The third-order valence-electron chi connectivity index (χ3n) is 6.68. The normalized spacial score (nSPS) is 13.7. The summed E-state index contributed by atoms with van der Waals surface area (Å²) in [5.74, 6) is 1.20. The van der Waals surface area contributed by atoms with Crippen LogP contribution in [0.4, 0.5) is 33.5 Å². The number of carbonyl (C=O) groups is 1. The van der Waals surface area contributed by atoms with Gasteiger partial charge in [0.25, 0.3) is 5.56 Å². The van der Waals surface area contributed by atoms with E-state index in [1.807, 2.05) is 39.0 Å². The van der Waals surface area contributed by atoms with E-state index in [2.05, 4.69) is 30.7 Å². The minimum atomic E-state index is -0.543. The molecule has 2 aromatic heterocycles. The average molecular weight is 647 g/mol. The number of carbonyl (C=O) groups excluding carboxylic acids is 1. The topological polar surface area (TPSA) is 125 Å². The van der Waals surface area contributed by atoms with Gasteiger partial charge < -0.3 is 29.9 Å². The zero-order valence-electron chi connectivity index (χ0n) is 23.9. The van der Waals surface area contributed by atoms with Crippen LogP contribution in [-0.4, -0.2) is 65.1 Å². The molecule has 43 heavy (non-hydrogen) atoms. The number of methoxy groups -OCH3 is 1. The monoisotopic (exact) mass is 645 g/mol. The van der Waals surface area contributed by atoms with E-state index >= 15 is 0 Å². The molecule has 0 saturated carbocycles. The number of halogens is 3. The second-order valence-electron chi connectivity index (χ2n) is 10.8. The number of rotatable bonds is 6. The number of hydrogen-bond acceptors (Lipinski definition) is 9. The zero-order chi connectivity index (χ0) is 30.9. The van der Waals surface area contributed by atoms with Crippen LogP contribution in [0.1, 0.15) is 20.8 Å². The van der Waals surface area contributed by atoms with E-state index in [0.29, 0.717) is 64.9 Å². The molecule has 2 aromatic carbocycles. The molecule has 1 amide bonds. The van der Waals surface area contributed by atoms with E-state index in [-0.39, 0.29) is 22.0 Å². The van der Waals surface area contributed by atoms with Crippen LogP contribution in [0.2, 0.25) is 15.1 Å². The maximum absolute atomic E-state index is 12.8. The fourth-order valence-corrected chi connectivity index (χ4v) is 5.20. The number of pyridine rings is 1. The fraction of sp³-hybridized carbons (Fsp3) is 0.310. The molecule has 14 heteroatoms. The molecular formula is C29H30Cl3N7O4. The molecule has 1 aliphatic rings. The van der Waals surface area contributed by atoms with Crippen LogP contribution in [-0.2, 0) is 4.74 Å². The molecule has 0 aliphatic carbocycles. The summed E-state index contributed by atoms with van der Waals surface area (Å²) < 4.78 is 11.2. The molecule has 1 fully saturated rings. The van der Waals surface area contributed by atoms with Crippen LogP contribution in [0, 0.1) is 0 Å². The number of hydrogen-bond donors (Lipinski definition) is 3. The summed E-state index contributed by atoms with van der Waals surface area (Å²) in [4.78, 5) is 33.8. The highest BCUT2D eigenvalue weighted by Crippen LogP contribution is 2.38. The quantitative estimate of drug-likeness (QED) is 0.193. The predicted octanol–water partition coefficient (Wildman–Crippen LogP) is 6.83. The summed E-state index contributed by atoms with van der Waals surface area (Å²) >= 11 is 18.7. The Hall–Kier alpha value is -3.93. The van der Waals surface area contributed by atoms with Crippen molar-refractivity contribution >= 4 is 80.4 Å². The lowest BCUT2D eigenvalue weighted by atomic mass is 10.2. The number of amides is 1. The second-order valence-corrected chi connectivity index (χ2v) is 12.0. The number of fused-ring (bicyclic) bond motifs is 1. The predicted molar refractivity (Wildman–Crippen MR) is 171 cm³/mol. The first-order valence-corrected chi connectivity index (χ1v) is 14.5. The minimum Gasteiger partial charge on any atom is -0.494 e. The van der Waals surface area contributed by atoms with E-state index < -0.39 is 11.2 Å². The van der Waals surface area contributed by atoms with Gasteiger partial charge in [0.1, 0.15) is 23.0 Å². The molecule has 226 valence electrons. The summed E-state index contributed by atoms with van der Waals surface area (Å²) in [6.45, 7) is 7.90. The Labute approximate surface area is 263 Å². The van der Waals surface area contributed by atoms with Gasteiger partial charge in [-0.15, -0.1) is 0 Å². The van der Waals surface area contributed by atoms with Gasteiger partial charge in [-0.25, -0.2) is 14.9 Å². The van der Waals surface area contributed by atoms with Gasteiger partial charge in [0.15, 0.2) is 0 Å². The molecule has 0 spiro atoms. The van der Waals surface area contributed by atoms with Gasteiger partial charge in [0.05, 0.1) is 45.1 Å². The van der Waals surface area contributed by atoms with E-state index in [0.717, 1.165) is 5.69 Å². The number of aromatic nitrogens is 3. The number of H-pyrrole nitrogens is 1. The number of ether oxygens (including phenoxy) is 2. The number of piperazine rings is 1. The molecule has 3 heterocycles. The molecule has 0 atom stereocenters. The van der Waals surface area contributed by atoms with Gasteiger partial charge in [-0.2, -0.15) is 5.10 Å². The highest BCUT2D eigenvalue weighted by atomic mass is 35.5. The standard InChI is InChI=1S/C29H30Cl3N7O4/c1-29(2,3)43-28(41)39-11-9-38(10-12-39)17-5-7-19(21(14-17)42-4)35-26-23-16(15-33-37-27(23)40)13-22(36-26)34-20-8-6-18(30)24(31)25(20)32/h5-8,13-15H,9-12H2,1-4H3,(H,37,40)(H2,34,35,36). The Morgan fingerprint density at radius 1 is 0.977 bits per heavy atom. The third kappa shape index (κ3) is 6.84. The van der Waals surface area contributed by atoms with E-state index in [1.54, 1.807) is 30.2 Å². The molecule has 3 N–H and O–H groups in total. The van der Waals surface area contributed by atoms with Gasteiger partial charge >= 0.3 is 6.09 Å². The van der Waals surface area contributed by atoms with Crippen molar-refractivity contribution in [2.24, 2.45) is 0 Å².